The van der Waals surface area contributed by atoms with Gasteiger partial charge in [0.05, 0.1) is 0 Å². The van der Waals surface area contributed by atoms with Gasteiger partial charge in [-0.15, -0.1) is 11.3 Å². The number of nitrogens with zero attached hydrogens (tertiary/aromatic N) is 1. The first-order valence-electron chi connectivity index (χ1n) is 9.32. The zero-order valence-electron chi connectivity index (χ0n) is 14.3. The summed E-state index contributed by atoms with van der Waals surface area (Å²) >= 11 is 1.97. The Labute approximate surface area is 147 Å². The highest BCUT2D eigenvalue weighted by atomic mass is 32.1. The summed E-state index contributed by atoms with van der Waals surface area (Å²) in [5, 5.41) is 1.49. The fourth-order valence-corrected chi connectivity index (χ4v) is 5.85. The number of rotatable bonds is 1. The summed E-state index contributed by atoms with van der Waals surface area (Å²) in [4.78, 5) is 8.07. The van der Waals surface area contributed by atoms with Gasteiger partial charge in [0.1, 0.15) is 4.83 Å². The van der Waals surface area contributed by atoms with Gasteiger partial charge in [-0.2, -0.15) is 0 Å². The lowest BCUT2D eigenvalue weighted by molar-refractivity contribution is 0.496. The normalized spacial score (nSPS) is 20.0. The minimum atomic E-state index is 0.772. The maximum Gasteiger partial charge on any atom is 0.124 e. The van der Waals surface area contributed by atoms with Gasteiger partial charge in [0.15, 0.2) is 0 Å². The lowest BCUT2D eigenvalue weighted by atomic mass is 9.81. The SMILES string of the molecule is C[C@H]1CCc2nc3sc4c(c3c(-c3ccccc3)c2C1)CCCC4. The van der Waals surface area contributed by atoms with Crippen LogP contribution in [0.2, 0.25) is 0 Å². The summed E-state index contributed by atoms with van der Waals surface area (Å²) in [6.45, 7) is 2.39. The Bertz CT molecular complexity index is 907. The molecule has 0 spiro atoms. The molecular formula is C22H23NS. The molecule has 0 amide bonds. The fourth-order valence-electron chi connectivity index (χ4n) is 4.56. The molecule has 2 heterocycles. The van der Waals surface area contributed by atoms with Crippen LogP contribution in [0.3, 0.4) is 0 Å². The summed E-state index contributed by atoms with van der Waals surface area (Å²) in [5.74, 6) is 0.772. The lowest BCUT2D eigenvalue weighted by Gasteiger charge is -2.25. The van der Waals surface area contributed by atoms with Crippen molar-refractivity contribution >= 4 is 21.6 Å². The van der Waals surface area contributed by atoms with Crippen molar-refractivity contribution in [3.8, 4) is 11.1 Å². The second-order valence-corrected chi connectivity index (χ2v) is 8.60. The van der Waals surface area contributed by atoms with E-state index in [1.54, 1.807) is 16.0 Å². The van der Waals surface area contributed by atoms with Crippen LogP contribution in [0.4, 0.5) is 0 Å². The molecule has 1 atom stereocenters. The van der Waals surface area contributed by atoms with E-state index in [1.165, 1.54) is 65.6 Å². The van der Waals surface area contributed by atoms with Crippen LogP contribution in [0.5, 0.6) is 0 Å². The van der Waals surface area contributed by atoms with Crippen molar-refractivity contribution in [2.75, 3.05) is 0 Å². The number of hydrogen-bond donors (Lipinski definition) is 0. The van der Waals surface area contributed by atoms with E-state index in [0.29, 0.717) is 0 Å². The van der Waals surface area contributed by atoms with E-state index in [0.717, 1.165) is 12.3 Å². The fraction of sp³-hybridized carbons (Fsp3) is 0.409. The van der Waals surface area contributed by atoms with E-state index < -0.39 is 0 Å². The average molecular weight is 334 g/mol. The second-order valence-electron chi connectivity index (χ2n) is 7.52. The zero-order chi connectivity index (χ0) is 16.1. The molecule has 0 saturated carbocycles. The summed E-state index contributed by atoms with van der Waals surface area (Å²) < 4.78 is 0. The van der Waals surface area contributed by atoms with Gasteiger partial charge in [-0.25, -0.2) is 4.98 Å². The molecule has 0 radical (unpaired) electrons. The van der Waals surface area contributed by atoms with Crippen LogP contribution in [0.15, 0.2) is 30.3 Å². The number of benzene rings is 1. The maximum atomic E-state index is 5.16. The molecule has 2 aliphatic carbocycles. The molecule has 24 heavy (non-hydrogen) atoms. The van der Waals surface area contributed by atoms with E-state index >= 15 is 0 Å². The summed E-state index contributed by atoms with van der Waals surface area (Å²) in [6, 6.07) is 11.1. The van der Waals surface area contributed by atoms with Crippen molar-refractivity contribution in [1.29, 1.82) is 0 Å². The van der Waals surface area contributed by atoms with Gasteiger partial charge in [-0.1, -0.05) is 37.3 Å². The monoisotopic (exact) mass is 333 g/mol. The Hall–Kier alpha value is -1.67. The molecule has 122 valence electrons. The van der Waals surface area contributed by atoms with Gasteiger partial charge in [0, 0.05) is 16.0 Å². The molecule has 3 aromatic rings. The molecule has 2 heteroatoms. The van der Waals surface area contributed by atoms with Gasteiger partial charge >= 0.3 is 0 Å². The molecule has 0 fully saturated rings. The predicted molar refractivity (Wildman–Crippen MR) is 103 cm³/mol. The average Bonchev–Trinajstić information content (AvgIpc) is 2.98. The number of aromatic nitrogens is 1. The molecule has 1 aromatic carbocycles. The van der Waals surface area contributed by atoms with Crippen molar-refractivity contribution in [3.05, 3.63) is 52.0 Å². The largest absolute Gasteiger partial charge is 0.242 e. The van der Waals surface area contributed by atoms with E-state index in [2.05, 4.69) is 37.3 Å². The Balaban J connectivity index is 1.88. The summed E-state index contributed by atoms with van der Waals surface area (Å²) in [5.41, 5.74) is 7.44. The highest BCUT2D eigenvalue weighted by Crippen LogP contribution is 2.44. The van der Waals surface area contributed by atoms with Gasteiger partial charge in [-0.3, -0.25) is 0 Å². The molecule has 2 aromatic heterocycles. The highest BCUT2D eigenvalue weighted by Gasteiger charge is 2.27. The molecule has 0 saturated heterocycles. The number of pyridine rings is 1. The van der Waals surface area contributed by atoms with Crippen LogP contribution >= 0.6 is 11.3 Å². The van der Waals surface area contributed by atoms with E-state index in [1.807, 2.05) is 11.3 Å². The van der Waals surface area contributed by atoms with Crippen molar-refractivity contribution in [3.63, 3.8) is 0 Å². The molecule has 2 aliphatic rings. The minimum Gasteiger partial charge on any atom is -0.242 e. The lowest BCUT2D eigenvalue weighted by Crippen LogP contribution is -2.14. The van der Waals surface area contributed by atoms with Crippen LogP contribution in [0.1, 0.15) is 47.9 Å². The molecule has 0 N–H and O–H groups in total. The molecular weight excluding hydrogens is 310 g/mol. The zero-order valence-corrected chi connectivity index (χ0v) is 15.1. The van der Waals surface area contributed by atoms with E-state index in [9.17, 15) is 0 Å². The smallest absolute Gasteiger partial charge is 0.124 e. The first kappa shape index (κ1) is 14.7. The Morgan fingerprint density at radius 2 is 1.83 bits per heavy atom. The third-order valence-corrected chi connectivity index (χ3v) is 6.96. The van der Waals surface area contributed by atoms with E-state index in [-0.39, 0.29) is 0 Å². The maximum absolute atomic E-state index is 5.16. The van der Waals surface area contributed by atoms with Crippen LogP contribution < -0.4 is 0 Å². The Morgan fingerprint density at radius 1 is 1.00 bits per heavy atom. The number of hydrogen-bond acceptors (Lipinski definition) is 2. The summed E-state index contributed by atoms with van der Waals surface area (Å²) in [7, 11) is 0. The quantitative estimate of drug-likeness (QED) is 0.535. The van der Waals surface area contributed by atoms with Crippen molar-refractivity contribution in [2.45, 2.75) is 51.9 Å². The highest BCUT2D eigenvalue weighted by molar-refractivity contribution is 7.19. The van der Waals surface area contributed by atoms with Gasteiger partial charge in [0.25, 0.3) is 0 Å². The van der Waals surface area contributed by atoms with Crippen molar-refractivity contribution in [2.24, 2.45) is 5.92 Å². The molecule has 0 bridgehead atoms. The van der Waals surface area contributed by atoms with Crippen molar-refractivity contribution in [1.82, 2.24) is 4.98 Å². The van der Waals surface area contributed by atoms with Gasteiger partial charge in [0.2, 0.25) is 0 Å². The number of thiophene rings is 1. The van der Waals surface area contributed by atoms with Crippen LogP contribution in [0, 0.1) is 5.92 Å². The number of fused-ring (bicyclic) bond motifs is 4. The third-order valence-electron chi connectivity index (χ3n) is 5.78. The molecule has 0 aliphatic heterocycles. The third kappa shape index (κ3) is 2.23. The second kappa shape index (κ2) is 5.70. The molecule has 5 rings (SSSR count). The number of aryl methyl sites for hydroxylation is 3. The summed E-state index contributed by atoms with van der Waals surface area (Å²) in [6.07, 6.45) is 8.79. The van der Waals surface area contributed by atoms with Gasteiger partial charge < -0.3 is 0 Å². The first-order chi connectivity index (χ1) is 11.8. The standard InChI is InChI=1S/C22H23NS/c1-14-11-12-18-17(13-14)20(15-7-3-2-4-8-15)21-16-9-5-6-10-19(16)24-22(21)23-18/h2-4,7-8,14H,5-6,9-13H2,1H3/t14-/m0/s1. The van der Waals surface area contributed by atoms with Gasteiger partial charge in [-0.05, 0) is 73.1 Å². The van der Waals surface area contributed by atoms with Crippen molar-refractivity contribution < 1.29 is 0 Å². The van der Waals surface area contributed by atoms with Crippen LogP contribution in [-0.2, 0) is 25.7 Å². The van der Waals surface area contributed by atoms with Crippen LogP contribution in [-0.4, -0.2) is 4.98 Å². The topological polar surface area (TPSA) is 12.9 Å². The first-order valence-corrected chi connectivity index (χ1v) is 10.1. The Morgan fingerprint density at radius 3 is 2.71 bits per heavy atom. The molecule has 1 nitrogen and oxygen atoms in total. The van der Waals surface area contributed by atoms with Crippen LogP contribution in [0.25, 0.3) is 21.3 Å². The van der Waals surface area contributed by atoms with E-state index in [4.69, 9.17) is 4.98 Å². The predicted octanol–water partition coefficient (Wildman–Crippen LogP) is 5.97. The Kier molecular flexibility index (Phi) is 3.48. The molecule has 0 unspecified atom stereocenters. The minimum absolute atomic E-state index is 0.772.